The minimum atomic E-state index is -2.34. The van der Waals surface area contributed by atoms with E-state index in [9.17, 15) is 13.6 Å². The molecule has 82 valence electrons. The van der Waals surface area contributed by atoms with Crippen LogP contribution >= 0.6 is 0 Å². The van der Waals surface area contributed by atoms with Crippen molar-refractivity contribution in [3.8, 4) is 0 Å². The summed E-state index contributed by atoms with van der Waals surface area (Å²) in [6.07, 6.45) is -0.205. The van der Waals surface area contributed by atoms with Crippen LogP contribution in [0.15, 0.2) is 0 Å². The van der Waals surface area contributed by atoms with E-state index in [0.717, 1.165) is 12.8 Å². The molecule has 1 heterocycles. The number of aliphatic carboxylic acids is 1. The van der Waals surface area contributed by atoms with Crippen molar-refractivity contribution in [1.29, 1.82) is 0 Å². The number of alkyl halides is 2. The van der Waals surface area contributed by atoms with Gasteiger partial charge in [0.1, 0.15) is 6.04 Å². The highest BCUT2D eigenvalue weighted by molar-refractivity contribution is 5.73. The van der Waals surface area contributed by atoms with Crippen molar-refractivity contribution < 1.29 is 18.7 Å². The first-order valence-electron chi connectivity index (χ1n) is 4.86. The number of halogens is 2. The van der Waals surface area contributed by atoms with Crippen LogP contribution in [0.1, 0.15) is 25.7 Å². The van der Waals surface area contributed by atoms with Gasteiger partial charge < -0.3 is 5.11 Å². The second kappa shape index (κ2) is 5.24. The Morgan fingerprint density at radius 2 is 2.21 bits per heavy atom. The van der Waals surface area contributed by atoms with E-state index in [2.05, 4.69) is 0 Å². The third-order valence-electron chi connectivity index (χ3n) is 2.53. The van der Waals surface area contributed by atoms with E-state index in [1.54, 1.807) is 4.90 Å². The molecule has 0 radical (unpaired) electrons. The van der Waals surface area contributed by atoms with Gasteiger partial charge in [0.15, 0.2) is 0 Å². The lowest BCUT2D eigenvalue weighted by atomic mass is 10.0. The number of carboxylic acid groups (broad SMARTS) is 1. The zero-order valence-corrected chi connectivity index (χ0v) is 7.96. The minimum Gasteiger partial charge on any atom is -0.480 e. The zero-order chi connectivity index (χ0) is 10.6. The fraction of sp³-hybridized carbons (Fsp3) is 0.889. The van der Waals surface area contributed by atoms with Crippen LogP contribution < -0.4 is 0 Å². The fourth-order valence-corrected chi connectivity index (χ4v) is 1.80. The van der Waals surface area contributed by atoms with E-state index < -0.39 is 18.4 Å². The quantitative estimate of drug-likeness (QED) is 0.760. The van der Waals surface area contributed by atoms with Crippen molar-refractivity contribution in [1.82, 2.24) is 4.90 Å². The van der Waals surface area contributed by atoms with Crippen molar-refractivity contribution >= 4 is 5.97 Å². The van der Waals surface area contributed by atoms with Crippen LogP contribution in [0, 0.1) is 0 Å². The number of hydrogen-bond donors (Lipinski definition) is 1. The average molecular weight is 207 g/mol. The molecule has 1 unspecified atom stereocenters. The lowest BCUT2D eigenvalue weighted by Gasteiger charge is -2.32. The lowest BCUT2D eigenvalue weighted by Crippen LogP contribution is -2.45. The number of rotatable bonds is 4. The molecule has 0 spiro atoms. The fourth-order valence-electron chi connectivity index (χ4n) is 1.80. The summed E-state index contributed by atoms with van der Waals surface area (Å²) in [7, 11) is 0. The van der Waals surface area contributed by atoms with E-state index in [4.69, 9.17) is 5.11 Å². The van der Waals surface area contributed by atoms with Crippen LogP contribution in [-0.4, -0.2) is 41.5 Å². The molecule has 0 aromatic carbocycles. The molecule has 1 atom stereocenters. The maximum atomic E-state index is 11.9. The average Bonchev–Trinajstić information content (AvgIpc) is 2.15. The largest absolute Gasteiger partial charge is 0.480 e. The molecule has 0 saturated carbocycles. The summed E-state index contributed by atoms with van der Waals surface area (Å²) in [6, 6.07) is -0.553. The van der Waals surface area contributed by atoms with E-state index in [1.165, 1.54) is 0 Å². The topological polar surface area (TPSA) is 40.5 Å². The minimum absolute atomic E-state index is 0.189. The first kappa shape index (κ1) is 11.4. The Kier molecular flexibility index (Phi) is 4.25. The molecule has 1 saturated heterocycles. The van der Waals surface area contributed by atoms with Crippen LogP contribution in [0.25, 0.3) is 0 Å². The molecule has 0 aliphatic carbocycles. The van der Waals surface area contributed by atoms with Crippen molar-refractivity contribution in [3.63, 3.8) is 0 Å². The molecule has 3 nitrogen and oxygen atoms in total. The summed E-state index contributed by atoms with van der Waals surface area (Å²) in [6.45, 7) is 0.818. The molecule has 0 aromatic rings. The predicted octanol–water partition coefficient (Wildman–Crippen LogP) is 1.58. The van der Waals surface area contributed by atoms with Crippen LogP contribution in [0.5, 0.6) is 0 Å². The van der Waals surface area contributed by atoms with Crippen LogP contribution in [0.3, 0.4) is 0 Å². The van der Waals surface area contributed by atoms with Crippen molar-refractivity contribution in [3.05, 3.63) is 0 Å². The first-order valence-corrected chi connectivity index (χ1v) is 4.86. The Labute approximate surface area is 81.7 Å². The Balaban J connectivity index is 2.42. The van der Waals surface area contributed by atoms with Gasteiger partial charge in [-0.3, -0.25) is 9.69 Å². The SMILES string of the molecule is O=C(O)C1CCCCN1CCC(F)F. The van der Waals surface area contributed by atoms with Gasteiger partial charge in [0, 0.05) is 13.0 Å². The summed E-state index contributed by atoms with van der Waals surface area (Å²) < 4.78 is 23.9. The summed E-state index contributed by atoms with van der Waals surface area (Å²) in [4.78, 5) is 12.4. The van der Waals surface area contributed by atoms with Crippen LogP contribution in [0.4, 0.5) is 8.78 Å². The third-order valence-corrected chi connectivity index (χ3v) is 2.53. The molecule has 1 N–H and O–H groups in total. The Morgan fingerprint density at radius 1 is 1.50 bits per heavy atom. The van der Waals surface area contributed by atoms with Gasteiger partial charge in [-0.1, -0.05) is 6.42 Å². The Hall–Kier alpha value is -0.710. The van der Waals surface area contributed by atoms with E-state index in [0.29, 0.717) is 13.0 Å². The van der Waals surface area contributed by atoms with E-state index in [-0.39, 0.29) is 13.0 Å². The number of carboxylic acids is 1. The second-order valence-electron chi connectivity index (χ2n) is 3.57. The molecule has 14 heavy (non-hydrogen) atoms. The molecule has 0 amide bonds. The maximum absolute atomic E-state index is 11.9. The standard InChI is InChI=1S/C9H15F2NO2/c10-8(11)4-6-12-5-2-1-3-7(12)9(13)14/h7-8H,1-6H2,(H,13,14). The number of nitrogens with zero attached hydrogens (tertiary/aromatic N) is 1. The van der Waals surface area contributed by atoms with E-state index >= 15 is 0 Å². The summed E-state index contributed by atoms with van der Waals surface area (Å²) >= 11 is 0. The van der Waals surface area contributed by atoms with Crippen molar-refractivity contribution in [2.24, 2.45) is 0 Å². The molecule has 1 fully saturated rings. The van der Waals surface area contributed by atoms with Gasteiger partial charge in [-0.2, -0.15) is 0 Å². The van der Waals surface area contributed by atoms with Crippen molar-refractivity contribution in [2.75, 3.05) is 13.1 Å². The number of likely N-dealkylation sites (tertiary alicyclic amines) is 1. The molecule has 0 aromatic heterocycles. The lowest BCUT2D eigenvalue weighted by molar-refractivity contribution is -0.144. The number of carbonyl (C=O) groups is 1. The van der Waals surface area contributed by atoms with Gasteiger partial charge in [0.2, 0.25) is 6.43 Å². The molecule has 5 heteroatoms. The predicted molar refractivity (Wildman–Crippen MR) is 47.5 cm³/mol. The number of hydrogen-bond acceptors (Lipinski definition) is 2. The zero-order valence-electron chi connectivity index (χ0n) is 7.96. The van der Waals surface area contributed by atoms with E-state index in [1.807, 2.05) is 0 Å². The number of piperidine rings is 1. The molecule has 1 rings (SSSR count). The van der Waals surface area contributed by atoms with Gasteiger partial charge in [-0.05, 0) is 19.4 Å². The third kappa shape index (κ3) is 3.21. The molecule has 1 aliphatic heterocycles. The summed E-state index contributed by atoms with van der Waals surface area (Å²) in [5, 5.41) is 8.84. The maximum Gasteiger partial charge on any atom is 0.320 e. The molecular formula is C9H15F2NO2. The molecule has 0 bridgehead atoms. The molecular weight excluding hydrogens is 192 g/mol. The van der Waals surface area contributed by atoms with Gasteiger partial charge in [0.05, 0.1) is 0 Å². The molecule has 1 aliphatic rings. The smallest absolute Gasteiger partial charge is 0.320 e. The highest BCUT2D eigenvalue weighted by Gasteiger charge is 2.28. The highest BCUT2D eigenvalue weighted by atomic mass is 19.3. The first-order chi connectivity index (χ1) is 6.61. The van der Waals surface area contributed by atoms with Crippen LogP contribution in [0.2, 0.25) is 0 Å². The van der Waals surface area contributed by atoms with Gasteiger partial charge in [0.25, 0.3) is 0 Å². The second-order valence-corrected chi connectivity index (χ2v) is 3.57. The van der Waals surface area contributed by atoms with Crippen LogP contribution in [-0.2, 0) is 4.79 Å². The summed E-state index contributed by atoms with van der Waals surface area (Å²) in [5.41, 5.74) is 0. The van der Waals surface area contributed by atoms with Crippen molar-refractivity contribution in [2.45, 2.75) is 38.2 Å². The normalized spacial score (nSPS) is 24.1. The van der Waals surface area contributed by atoms with Gasteiger partial charge in [-0.15, -0.1) is 0 Å². The highest BCUT2D eigenvalue weighted by Crippen LogP contribution is 2.18. The Bertz CT molecular complexity index is 199. The summed E-state index contributed by atoms with van der Waals surface area (Å²) in [5.74, 6) is -0.890. The van der Waals surface area contributed by atoms with Gasteiger partial charge >= 0.3 is 5.97 Å². The monoisotopic (exact) mass is 207 g/mol. The Morgan fingerprint density at radius 3 is 2.79 bits per heavy atom. The van der Waals surface area contributed by atoms with Gasteiger partial charge in [-0.25, -0.2) is 8.78 Å².